The molecule has 3 heteroatoms. The molecule has 0 bridgehead atoms. The van der Waals surface area contributed by atoms with Crippen LogP contribution in [0.25, 0.3) is 0 Å². The van der Waals surface area contributed by atoms with Gasteiger partial charge >= 0.3 is 0 Å². The first kappa shape index (κ1) is 17.9. The predicted octanol–water partition coefficient (Wildman–Crippen LogP) is 2.83. The summed E-state index contributed by atoms with van der Waals surface area (Å²) in [5.74, 6) is 0. The zero-order chi connectivity index (χ0) is 14.0. The van der Waals surface area contributed by atoms with E-state index in [1.807, 2.05) is 0 Å². The quantitative estimate of drug-likeness (QED) is 0.421. The van der Waals surface area contributed by atoms with E-state index in [0.717, 1.165) is 13.1 Å². The molecule has 0 aliphatic carbocycles. The van der Waals surface area contributed by atoms with E-state index in [4.69, 9.17) is 0 Å². The molecular formula is C15H34N2Si. The van der Waals surface area contributed by atoms with Gasteiger partial charge in [-0.1, -0.05) is 34.6 Å². The molecule has 0 aromatic carbocycles. The van der Waals surface area contributed by atoms with Crippen molar-refractivity contribution in [3.05, 3.63) is 12.3 Å². The number of hydrogen-bond acceptors (Lipinski definition) is 2. The fraction of sp³-hybridized carbons (Fsp3) is 0.867. The summed E-state index contributed by atoms with van der Waals surface area (Å²) in [6.45, 7) is 20.3. The first-order chi connectivity index (χ1) is 8.66. The summed E-state index contributed by atoms with van der Waals surface area (Å²) in [5.41, 5.74) is 2.24. The van der Waals surface area contributed by atoms with E-state index in [1.54, 1.807) is 0 Å². The van der Waals surface area contributed by atoms with Crippen LogP contribution in [0.1, 0.15) is 53.9 Å². The maximum absolute atomic E-state index is 4.06. The van der Waals surface area contributed by atoms with Gasteiger partial charge in [0.15, 0.2) is 0 Å². The van der Waals surface area contributed by atoms with Gasteiger partial charge < -0.3 is 0 Å². The number of nitrogens with zero attached hydrogens (tertiary/aromatic N) is 2. The molecule has 18 heavy (non-hydrogen) atoms. The molecule has 0 aliphatic rings. The van der Waals surface area contributed by atoms with E-state index in [0.29, 0.717) is 5.29 Å². The number of hydrogen-bond donors (Lipinski definition) is 0. The third-order valence-electron chi connectivity index (χ3n) is 3.97. The maximum Gasteiger partial charge on any atom is 0.0864 e. The summed E-state index contributed by atoms with van der Waals surface area (Å²) in [6, 6.07) is 0. The second kappa shape index (κ2) is 9.76. The molecule has 108 valence electrons. The third kappa shape index (κ3) is 4.21. The Morgan fingerprint density at radius 1 is 0.944 bits per heavy atom. The molecule has 0 fully saturated rings. The Balaban J connectivity index is 5.25. The predicted molar refractivity (Wildman–Crippen MR) is 86.8 cm³/mol. The Morgan fingerprint density at radius 3 is 1.61 bits per heavy atom. The van der Waals surface area contributed by atoms with E-state index in [-0.39, 0.29) is 9.52 Å². The van der Waals surface area contributed by atoms with Crippen LogP contribution in [0.15, 0.2) is 12.3 Å². The van der Waals surface area contributed by atoms with E-state index in [2.05, 4.69) is 56.7 Å². The molecule has 0 N–H and O–H groups in total. The largest absolute Gasteiger partial charge is 0.289 e. The highest BCUT2D eigenvalue weighted by Crippen LogP contribution is 2.24. The minimum absolute atomic E-state index is 0.313. The molecule has 0 rings (SSSR count). The lowest BCUT2D eigenvalue weighted by atomic mass is 10.2. The molecular weight excluding hydrogens is 236 g/mol. The zero-order valence-electron chi connectivity index (χ0n) is 13.3. The van der Waals surface area contributed by atoms with Crippen LogP contribution in [0.5, 0.6) is 0 Å². The topological polar surface area (TPSA) is 6.48 Å². The summed E-state index contributed by atoms with van der Waals surface area (Å²) in [6.07, 6.45) is 3.71. The maximum atomic E-state index is 4.06. The Hall–Kier alpha value is -0.123. The van der Waals surface area contributed by atoms with Crippen LogP contribution < -0.4 is 0 Å². The van der Waals surface area contributed by atoms with Crippen molar-refractivity contribution in [3.8, 4) is 0 Å². The molecule has 2 nitrogen and oxygen atoms in total. The summed E-state index contributed by atoms with van der Waals surface area (Å²) in [7, 11) is -0.313. The molecule has 0 atom stereocenters. The van der Waals surface area contributed by atoms with Gasteiger partial charge in [-0.05, 0) is 45.4 Å². The average Bonchev–Trinajstić information content (AvgIpc) is 2.40. The van der Waals surface area contributed by atoms with Crippen molar-refractivity contribution in [2.24, 2.45) is 0 Å². The monoisotopic (exact) mass is 270 g/mol. The van der Waals surface area contributed by atoms with Crippen molar-refractivity contribution < 1.29 is 0 Å². The third-order valence-corrected chi connectivity index (χ3v) is 6.30. The Labute approximate surface area is 117 Å². The van der Waals surface area contributed by atoms with Gasteiger partial charge in [-0.3, -0.25) is 9.80 Å². The fourth-order valence-electron chi connectivity index (χ4n) is 3.14. The van der Waals surface area contributed by atoms with Gasteiger partial charge in [0, 0.05) is 0 Å². The summed E-state index contributed by atoms with van der Waals surface area (Å²) in [4.78, 5) is 5.42. The van der Waals surface area contributed by atoms with Crippen LogP contribution in [0.4, 0.5) is 0 Å². The normalized spacial score (nSPS) is 13.1. The van der Waals surface area contributed by atoms with Crippen LogP contribution in [-0.4, -0.2) is 50.8 Å². The van der Waals surface area contributed by atoms with Gasteiger partial charge in [0.2, 0.25) is 0 Å². The minimum Gasteiger partial charge on any atom is -0.289 e. The molecule has 0 saturated carbocycles. The summed E-state index contributed by atoms with van der Waals surface area (Å²) < 4.78 is 0. The molecule has 0 radical (unpaired) electrons. The van der Waals surface area contributed by atoms with Gasteiger partial charge in [-0.25, -0.2) is 0 Å². The Kier molecular flexibility index (Phi) is 9.69. The number of rotatable bonds is 11. The first-order valence-electron chi connectivity index (χ1n) is 7.77. The summed E-state index contributed by atoms with van der Waals surface area (Å²) in [5, 5.41) is 0.317. The second-order valence-corrected chi connectivity index (χ2v) is 7.11. The van der Waals surface area contributed by atoms with E-state index < -0.39 is 0 Å². The standard InChI is InChI=1S/C15H34N2Si/c1-7-13-16(10-4)15(9-3,18-12-6)17(11-5)14-8-2/h12H,6-11,13-14,18H2,1-5H3. The van der Waals surface area contributed by atoms with Crippen LogP contribution in [0, 0.1) is 0 Å². The molecule has 0 amide bonds. The molecule has 0 unspecified atom stereocenters. The van der Waals surface area contributed by atoms with Crippen molar-refractivity contribution in [2.75, 3.05) is 26.2 Å². The van der Waals surface area contributed by atoms with Crippen molar-refractivity contribution in [2.45, 2.75) is 59.2 Å². The average molecular weight is 271 g/mol. The van der Waals surface area contributed by atoms with E-state index in [1.165, 1.54) is 32.4 Å². The van der Waals surface area contributed by atoms with E-state index in [9.17, 15) is 0 Å². The Morgan fingerprint density at radius 2 is 1.39 bits per heavy atom. The van der Waals surface area contributed by atoms with Crippen molar-refractivity contribution in [1.29, 1.82) is 0 Å². The van der Waals surface area contributed by atoms with Gasteiger partial charge in [-0.15, -0.1) is 12.3 Å². The molecule has 0 spiro atoms. The van der Waals surface area contributed by atoms with Crippen LogP contribution in [-0.2, 0) is 0 Å². The second-order valence-electron chi connectivity index (χ2n) is 4.99. The smallest absolute Gasteiger partial charge is 0.0864 e. The van der Waals surface area contributed by atoms with Crippen LogP contribution in [0.3, 0.4) is 0 Å². The van der Waals surface area contributed by atoms with Gasteiger partial charge in [0.1, 0.15) is 0 Å². The molecule has 0 aliphatic heterocycles. The lowest BCUT2D eigenvalue weighted by molar-refractivity contribution is 0.00615. The van der Waals surface area contributed by atoms with Crippen LogP contribution in [0.2, 0.25) is 0 Å². The lowest BCUT2D eigenvalue weighted by Crippen LogP contribution is -2.64. The lowest BCUT2D eigenvalue weighted by Gasteiger charge is -2.50. The van der Waals surface area contributed by atoms with Crippen LogP contribution >= 0.6 is 0 Å². The highest BCUT2D eigenvalue weighted by atomic mass is 28.2. The molecule has 0 aromatic rings. The highest BCUT2D eigenvalue weighted by Gasteiger charge is 2.37. The molecule has 0 heterocycles. The van der Waals surface area contributed by atoms with Crippen molar-refractivity contribution >= 4 is 9.52 Å². The van der Waals surface area contributed by atoms with Crippen molar-refractivity contribution in [3.63, 3.8) is 0 Å². The highest BCUT2D eigenvalue weighted by molar-refractivity contribution is 6.45. The SMILES string of the molecule is C=C[SiH2]C(CC)(N(CC)CCC)N(CC)CCC. The minimum atomic E-state index is -0.313. The Bertz CT molecular complexity index is 205. The van der Waals surface area contributed by atoms with Gasteiger partial charge in [0.05, 0.1) is 14.8 Å². The summed E-state index contributed by atoms with van der Waals surface area (Å²) >= 11 is 0. The fourth-order valence-corrected chi connectivity index (χ4v) is 5.17. The van der Waals surface area contributed by atoms with Gasteiger partial charge in [-0.2, -0.15) is 0 Å². The van der Waals surface area contributed by atoms with Gasteiger partial charge in [0.25, 0.3) is 0 Å². The molecule has 0 aromatic heterocycles. The van der Waals surface area contributed by atoms with E-state index >= 15 is 0 Å². The molecule has 0 saturated heterocycles. The first-order valence-corrected chi connectivity index (χ1v) is 9.29. The van der Waals surface area contributed by atoms with Crippen molar-refractivity contribution in [1.82, 2.24) is 9.80 Å². The zero-order valence-corrected chi connectivity index (χ0v) is 14.7.